The molecule has 116 valence electrons. The van der Waals surface area contributed by atoms with Crippen LogP contribution in [0.15, 0.2) is 11.8 Å². The van der Waals surface area contributed by atoms with Gasteiger partial charge in [-0.25, -0.2) is 4.79 Å². The highest BCUT2D eigenvalue weighted by atomic mass is 16.6. The van der Waals surface area contributed by atoms with Gasteiger partial charge in [0.15, 0.2) is 0 Å². The van der Waals surface area contributed by atoms with Crippen molar-refractivity contribution in [3.8, 4) is 6.07 Å². The van der Waals surface area contributed by atoms with E-state index in [4.69, 9.17) is 15.7 Å². The summed E-state index contributed by atoms with van der Waals surface area (Å²) in [6.45, 7) is 2.28. The fourth-order valence-corrected chi connectivity index (χ4v) is 2.18. The van der Waals surface area contributed by atoms with Crippen LogP contribution >= 0.6 is 0 Å². The van der Waals surface area contributed by atoms with Gasteiger partial charge in [0, 0.05) is 25.3 Å². The van der Waals surface area contributed by atoms with Crippen LogP contribution in [-0.4, -0.2) is 42.6 Å². The Morgan fingerprint density at radius 3 is 2.67 bits per heavy atom. The predicted octanol–water partition coefficient (Wildman–Crippen LogP) is 0.870. The summed E-state index contributed by atoms with van der Waals surface area (Å²) < 4.78 is 4.86. The van der Waals surface area contributed by atoms with E-state index in [2.05, 4.69) is 5.32 Å². The number of nitrogens with one attached hydrogen (secondary N) is 1. The van der Waals surface area contributed by atoms with Gasteiger partial charge in [-0.15, -0.1) is 0 Å². The number of hydrogen-bond donors (Lipinski definition) is 2. The van der Waals surface area contributed by atoms with Gasteiger partial charge in [0.2, 0.25) is 0 Å². The molecular weight excluding hydrogens is 272 g/mol. The van der Waals surface area contributed by atoms with Gasteiger partial charge in [-0.1, -0.05) is 12.8 Å². The van der Waals surface area contributed by atoms with Gasteiger partial charge in [0.05, 0.1) is 6.61 Å². The summed E-state index contributed by atoms with van der Waals surface area (Å²) in [5.41, 5.74) is 5.30. The highest BCUT2D eigenvalue weighted by Gasteiger charge is 2.21. The van der Waals surface area contributed by atoms with Crippen LogP contribution in [0.1, 0.15) is 32.6 Å². The van der Waals surface area contributed by atoms with Gasteiger partial charge in [0.25, 0.3) is 5.91 Å². The Balaban J connectivity index is 2.75. The summed E-state index contributed by atoms with van der Waals surface area (Å²) in [4.78, 5) is 24.9. The Hall–Kier alpha value is -2.07. The van der Waals surface area contributed by atoms with Gasteiger partial charge in [-0.05, 0) is 19.8 Å². The molecule has 0 aromatic heterocycles. The minimum absolute atomic E-state index is 0.111. The van der Waals surface area contributed by atoms with E-state index in [0.717, 1.165) is 30.6 Å². The van der Waals surface area contributed by atoms with Gasteiger partial charge in [0.1, 0.15) is 11.6 Å². The van der Waals surface area contributed by atoms with E-state index in [9.17, 15) is 9.59 Å². The quantitative estimate of drug-likeness (QED) is 0.558. The molecule has 3 N–H and O–H groups in total. The molecule has 1 rings (SSSR count). The molecular formula is C14H22N4O3. The number of nitrogens with two attached hydrogens (primary N) is 1. The van der Waals surface area contributed by atoms with Gasteiger partial charge < -0.3 is 15.8 Å². The molecule has 0 bridgehead atoms. The summed E-state index contributed by atoms with van der Waals surface area (Å²) in [5, 5.41) is 11.9. The molecule has 0 unspecified atom stereocenters. The fourth-order valence-electron chi connectivity index (χ4n) is 2.18. The second kappa shape index (κ2) is 8.97. The van der Waals surface area contributed by atoms with Crippen LogP contribution in [0.3, 0.4) is 0 Å². The monoisotopic (exact) mass is 294 g/mol. The van der Waals surface area contributed by atoms with Gasteiger partial charge in [-0.2, -0.15) is 5.26 Å². The molecule has 0 heterocycles. The first-order chi connectivity index (χ1) is 10.1. The molecule has 7 nitrogen and oxygen atoms in total. The number of carbonyl (C=O) groups excluding carboxylic acids is 2. The summed E-state index contributed by atoms with van der Waals surface area (Å²) >= 11 is 0. The van der Waals surface area contributed by atoms with Gasteiger partial charge >= 0.3 is 6.09 Å². The van der Waals surface area contributed by atoms with Crippen LogP contribution in [-0.2, 0) is 9.53 Å². The van der Waals surface area contributed by atoms with Crippen molar-refractivity contribution in [3.05, 3.63) is 11.8 Å². The highest BCUT2D eigenvalue weighted by Crippen LogP contribution is 2.18. The molecule has 0 aromatic rings. The third-order valence-electron chi connectivity index (χ3n) is 3.21. The molecule has 2 amide bonds. The van der Waals surface area contributed by atoms with E-state index in [-0.39, 0.29) is 31.3 Å². The van der Waals surface area contributed by atoms with Crippen molar-refractivity contribution in [1.29, 1.82) is 5.26 Å². The number of nitriles is 1. The lowest BCUT2D eigenvalue weighted by molar-refractivity contribution is -0.117. The number of amides is 2. The Morgan fingerprint density at radius 1 is 1.48 bits per heavy atom. The average Bonchev–Trinajstić information content (AvgIpc) is 2.96. The van der Waals surface area contributed by atoms with Crippen molar-refractivity contribution >= 4 is 12.0 Å². The molecule has 0 aromatic carbocycles. The molecule has 0 saturated heterocycles. The lowest BCUT2D eigenvalue weighted by Gasteiger charge is -2.18. The summed E-state index contributed by atoms with van der Waals surface area (Å²) in [6, 6.07) is 1.93. The SMILES string of the molecule is CCOC(=O)N(/C=C(/C#N)C(=O)NC1CCCC1)CCN. The van der Waals surface area contributed by atoms with Crippen molar-refractivity contribution < 1.29 is 14.3 Å². The number of rotatable bonds is 6. The minimum Gasteiger partial charge on any atom is -0.449 e. The predicted molar refractivity (Wildman–Crippen MR) is 76.9 cm³/mol. The fraction of sp³-hybridized carbons (Fsp3) is 0.643. The molecule has 1 fully saturated rings. The molecule has 1 saturated carbocycles. The Morgan fingerprint density at radius 2 is 2.14 bits per heavy atom. The maximum Gasteiger partial charge on any atom is 0.413 e. The molecule has 0 radical (unpaired) electrons. The third kappa shape index (κ3) is 5.44. The maximum absolute atomic E-state index is 12.0. The van der Waals surface area contributed by atoms with E-state index in [1.54, 1.807) is 6.92 Å². The smallest absolute Gasteiger partial charge is 0.413 e. The van der Waals surface area contributed by atoms with Gasteiger partial charge in [-0.3, -0.25) is 9.69 Å². The Labute approximate surface area is 124 Å². The van der Waals surface area contributed by atoms with E-state index in [1.165, 1.54) is 6.20 Å². The van der Waals surface area contributed by atoms with Crippen molar-refractivity contribution in [2.24, 2.45) is 5.73 Å². The summed E-state index contributed by atoms with van der Waals surface area (Å²) in [6.07, 6.45) is 4.60. The summed E-state index contributed by atoms with van der Waals surface area (Å²) in [5.74, 6) is -0.462. The van der Waals surface area contributed by atoms with E-state index in [1.807, 2.05) is 6.07 Å². The normalized spacial score (nSPS) is 15.4. The van der Waals surface area contributed by atoms with Crippen molar-refractivity contribution in [2.75, 3.05) is 19.7 Å². The first-order valence-corrected chi connectivity index (χ1v) is 7.18. The average molecular weight is 294 g/mol. The van der Waals surface area contributed by atoms with E-state index < -0.39 is 12.0 Å². The van der Waals surface area contributed by atoms with Crippen molar-refractivity contribution in [3.63, 3.8) is 0 Å². The highest BCUT2D eigenvalue weighted by molar-refractivity contribution is 5.97. The van der Waals surface area contributed by atoms with Crippen LogP contribution < -0.4 is 11.1 Å². The second-order valence-electron chi connectivity index (χ2n) is 4.79. The third-order valence-corrected chi connectivity index (χ3v) is 3.21. The number of hydrogen-bond acceptors (Lipinski definition) is 5. The zero-order chi connectivity index (χ0) is 15.7. The minimum atomic E-state index is -0.621. The van der Waals surface area contributed by atoms with Crippen molar-refractivity contribution in [2.45, 2.75) is 38.6 Å². The zero-order valence-corrected chi connectivity index (χ0v) is 12.3. The molecule has 21 heavy (non-hydrogen) atoms. The van der Waals surface area contributed by atoms with Crippen molar-refractivity contribution in [1.82, 2.24) is 10.2 Å². The van der Waals surface area contributed by atoms with Crippen LogP contribution in [0.25, 0.3) is 0 Å². The molecule has 7 heteroatoms. The van der Waals surface area contributed by atoms with Crippen LogP contribution in [0, 0.1) is 11.3 Å². The van der Waals surface area contributed by atoms with E-state index >= 15 is 0 Å². The molecule has 0 aliphatic heterocycles. The Bertz CT molecular complexity index is 436. The largest absolute Gasteiger partial charge is 0.449 e. The van der Waals surface area contributed by atoms with Crippen LogP contribution in [0.4, 0.5) is 4.79 Å². The zero-order valence-electron chi connectivity index (χ0n) is 12.3. The molecule has 0 atom stereocenters. The lowest BCUT2D eigenvalue weighted by atomic mass is 10.2. The number of carbonyl (C=O) groups is 2. The van der Waals surface area contributed by atoms with E-state index in [0.29, 0.717) is 0 Å². The first kappa shape index (κ1) is 17.0. The second-order valence-corrected chi connectivity index (χ2v) is 4.79. The molecule has 0 spiro atoms. The topological polar surface area (TPSA) is 108 Å². The maximum atomic E-state index is 12.0. The molecule has 1 aliphatic rings. The molecule has 1 aliphatic carbocycles. The lowest BCUT2D eigenvalue weighted by Crippen LogP contribution is -2.36. The first-order valence-electron chi connectivity index (χ1n) is 7.18. The number of nitrogens with zero attached hydrogens (tertiary/aromatic N) is 2. The number of ether oxygens (including phenoxy) is 1. The summed E-state index contributed by atoms with van der Waals surface area (Å²) in [7, 11) is 0. The van der Waals surface area contributed by atoms with Crippen LogP contribution in [0.5, 0.6) is 0 Å². The standard InChI is InChI=1S/C14H22N4O3/c1-2-21-14(20)18(8-7-15)10-11(9-16)13(19)17-12-5-3-4-6-12/h10,12H,2-8,15H2,1H3,(H,17,19)/b11-10-. The van der Waals surface area contributed by atoms with Crippen LogP contribution in [0.2, 0.25) is 0 Å². The Kier molecular flexibility index (Phi) is 7.26.